The van der Waals surface area contributed by atoms with Crippen LogP contribution in [0.5, 0.6) is 0 Å². The largest absolute Gasteiger partial charge is 0.376 e. The lowest BCUT2D eigenvalue weighted by atomic mass is 10.0. The Bertz CT molecular complexity index is 846. The topological polar surface area (TPSA) is 87.3 Å². The van der Waals surface area contributed by atoms with Crippen LogP contribution in [0.15, 0.2) is 42.5 Å². The minimum absolute atomic E-state index is 0.00717. The fraction of sp³-hybridized carbons (Fsp3) is 0.211. The van der Waals surface area contributed by atoms with Gasteiger partial charge in [-0.3, -0.25) is 14.4 Å². The molecule has 3 rings (SSSR count). The van der Waals surface area contributed by atoms with Crippen LogP contribution < -0.4 is 16.0 Å². The van der Waals surface area contributed by atoms with E-state index in [1.165, 1.54) is 6.92 Å². The van der Waals surface area contributed by atoms with Gasteiger partial charge >= 0.3 is 0 Å². The third kappa shape index (κ3) is 4.23. The first-order chi connectivity index (χ1) is 12.0. The Morgan fingerprint density at radius 3 is 2.72 bits per heavy atom. The molecule has 0 unspecified atom stereocenters. The molecular weight excluding hydrogens is 318 g/mol. The van der Waals surface area contributed by atoms with Crippen LogP contribution in [0.4, 0.5) is 17.1 Å². The zero-order valence-electron chi connectivity index (χ0n) is 13.9. The van der Waals surface area contributed by atoms with E-state index in [-0.39, 0.29) is 24.1 Å². The molecule has 1 heterocycles. The van der Waals surface area contributed by atoms with Crippen LogP contribution in [-0.4, -0.2) is 24.1 Å². The molecule has 3 N–H and O–H groups in total. The Labute approximate surface area is 145 Å². The highest BCUT2D eigenvalue weighted by Gasteiger charge is 2.14. The minimum atomic E-state index is -0.220. The average molecular weight is 337 g/mol. The molecular formula is C19H19N3O3. The third-order valence-corrected chi connectivity index (χ3v) is 4.01. The molecule has 0 aliphatic carbocycles. The fourth-order valence-corrected chi connectivity index (χ4v) is 2.69. The summed E-state index contributed by atoms with van der Waals surface area (Å²) in [6, 6.07) is 12.5. The minimum Gasteiger partial charge on any atom is -0.376 e. The van der Waals surface area contributed by atoms with Crippen LogP contribution in [-0.2, 0) is 16.0 Å². The molecule has 0 spiro atoms. The second kappa shape index (κ2) is 7.17. The van der Waals surface area contributed by atoms with E-state index in [1.54, 1.807) is 24.3 Å². The summed E-state index contributed by atoms with van der Waals surface area (Å²) in [6.45, 7) is 1.56. The number of carbonyl (C=O) groups excluding carboxylic acids is 3. The molecule has 25 heavy (non-hydrogen) atoms. The molecule has 2 amide bonds. The van der Waals surface area contributed by atoms with E-state index in [9.17, 15) is 14.4 Å². The highest BCUT2D eigenvalue weighted by Crippen LogP contribution is 2.25. The number of hydrogen-bond acceptors (Lipinski definition) is 4. The standard InChI is InChI=1S/C19H19N3O3/c1-12(23)14-3-2-4-16(9-14)21-19(25)11-20-15-7-5-13-6-8-18(24)22-17(13)10-15/h2-5,7,9-10,20H,6,8,11H2,1H3,(H,21,25)(H,22,24). The first-order valence-electron chi connectivity index (χ1n) is 8.09. The smallest absolute Gasteiger partial charge is 0.243 e. The number of amides is 2. The summed E-state index contributed by atoms with van der Waals surface area (Å²) in [5, 5.41) is 8.62. The van der Waals surface area contributed by atoms with Crippen molar-refractivity contribution < 1.29 is 14.4 Å². The van der Waals surface area contributed by atoms with Crippen molar-refractivity contribution in [2.24, 2.45) is 0 Å². The van der Waals surface area contributed by atoms with Gasteiger partial charge in [-0.1, -0.05) is 18.2 Å². The molecule has 0 saturated heterocycles. The summed E-state index contributed by atoms with van der Waals surface area (Å²) in [6.07, 6.45) is 1.23. The van der Waals surface area contributed by atoms with E-state index >= 15 is 0 Å². The number of rotatable bonds is 5. The van der Waals surface area contributed by atoms with Gasteiger partial charge in [0.05, 0.1) is 6.54 Å². The molecule has 0 fully saturated rings. The maximum absolute atomic E-state index is 12.1. The summed E-state index contributed by atoms with van der Waals surface area (Å²) >= 11 is 0. The number of nitrogens with one attached hydrogen (secondary N) is 3. The number of hydrogen-bond donors (Lipinski definition) is 3. The number of Topliss-reactive ketones (excluding diaryl/α,β-unsaturated/α-hetero) is 1. The van der Waals surface area contributed by atoms with Crippen molar-refractivity contribution in [2.75, 3.05) is 22.5 Å². The maximum atomic E-state index is 12.1. The SMILES string of the molecule is CC(=O)c1cccc(NC(=O)CNc2ccc3c(c2)NC(=O)CC3)c1. The number of ketones is 1. The molecule has 2 aromatic rings. The first kappa shape index (κ1) is 16.7. The van der Waals surface area contributed by atoms with Gasteiger partial charge in [0.25, 0.3) is 0 Å². The molecule has 6 heteroatoms. The highest BCUT2D eigenvalue weighted by molar-refractivity contribution is 5.98. The molecule has 0 saturated carbocycles. The lowest BCUT2D eigenvalue weighted by Crippen LogP contribution is -2.22. The van der Waals surface area contributed by atoms with Crippen LogP contribution in [0.1, 0.15) is 29.3 Å². The van der Waals surface area contributed by atoms with Crippen LogP contribution in [0.3, 0.4) is 0 Å². The summed E-state index contributed by atoms with van der Waals surface area (Å²) < 4.78 is 0. The first-order valence-corrected chi connectivity index (χ1v) is 8.09. The van der Waals surface area contributed by atoms with Gasteiger partial charge < -0.3 is 16.0 Å². The fourth-order valence-electron chi connectivity index (χ4n) is 2.69. The average Bonchev–Trinajstić information content (AvgIpc) is 2.59. The monoisotopic (exact) mass is 337 g/mol. The zero-order chi connectivity index (χ0) is 17.8. The maximum Gasteiger partial charge on any atom is 0.243 e. The van der Waals surface area contributed by atoms with E-state index < -0.39 is 0 Å². The van der Waals surface area contributed by atoms with Crippen LogP contribution in [0, 0.1) is 0 Å². The zero-order valence-corrected chi connectivity index (χ0v) is 13.9. The molecule has 1 aliphatic heterocycles. The van der Waals surface area contributed by atoms with Crippen LogP contribution in [0.25, 0.3) is 0 Å². The lowest BCUT2D eigenvalue weighted by Gasteiger charge is -2.18. The quantitative estimate of drug-likeness (QED) is 0.732. The molecule has 0 bridgehead atoms. The number of benzene rings is 2. The van der Waals surface area contributed by atoms with E-state index in [0.29, 0.717) is 17.7 Å². The Morgan fingerprint density at radius 1 is 1.08 bits per heavy atom. The van der Waals surface area contributed by atoms with Crippen molar-refractivity contribution in [1.82, 2.24) is 0 Å². The van der Waals surface area contributed by atoms with E-state index in [2.05, 4.69) is 16.0 Å². The van der Waals surface area contributed by atoms with Crippen molar-refractivity contribution >= 4 is 34.7 Å². The lowest BCUT2D eigenvalue weighted by molar-refractivity contribution is -0.116. The Morgan fingerprint density at radius 2 is 1.92 bits per heavy atom. The van der Waals surface area contributed by atoms with Crippen LogP contribution >= 0.6 is 0 Å². The Hall–Kier alpha value is -3.15. The normalized spacial score (nSPS) is 12.8. The highest BCUT2D eigenvalue weighted by atomic mass is 16.2. The van der Waals surface area contributed by atoms with Gasteiger partial charge in [0.15, 0.2) is 5.78 Å². The van der Waals surface area contributed by atoms with E-state index in [4.69, 9.17) is 0 Å². The predicted molar refractivity (Wildman–Crippen MR) is 97.0 cm³/mol. The third-order valence-electron chi connectivity index (χ3n) is 4.01. The molecule has 128 valence electrons. The molecule has 6 nitrogen and oxygen atoms in total. The van der Waals surface area contributed by atoms with E-state index in [1.807, 2.05) is 18.2 Å². The number of fused-ring (bicyclic) bond motifs is 1. The van der Waals surface area contributed by atoms with Gasteiger partial charge in [-0.15, -0.1) is 0 Å². The summed E-state index contributed by atoms with van der Waals surface area (Å²) in [5.41, 5.74) is 3.77. The number of anilines is 3. The number of aryl methyl sites for hydroxylation is 1. The summed E-state index contributed by atoms with van der Waals surface area (Å²) in [4.78, 5) is 34.9. The summed E-state index contributed by atoms with van der Waals surface area (Å²) in [5.74, 6) is -0.263. The molecule has 0 atom stereocenters. The van der Waals surface area contributed by atoms with Gasteiger partial charge in [0.1, 0.15) is 0 Å². The van der Waals surface area contributed by atoms with E-state index in [0.717, 1.165) is 23.4 Å². The van der Waals surface area contributed by atoms with Gasteiger partial charge in [-0.2, -0.15) is 0 Å². The predicted octanol–water partition coefficient (Wildman–Crippen LogP) is 2.82. The van der Waals surface area contributed by atoms with Gasteiger partial charge in [-0.05, 0) is 43.2 Å². The molecule has 2 aromatic carbocycles. The van der Waals surface area contributed by atoms with Gasteiger partial charge in [-0.25, -0.2) is 0 Å². The number of carbonyl (C=O) groups is 3. The Kier molecular flexibility index (Phi) is 4.79. The molecule has 0 radical (unpaired) electrons. The van der Waals surface area contributed by atoms with Crippen molar-refractivity contribution in [3.8, 4) is 0 Å². The summed E-state index contributed by atoms with van der Waals surface area (Å²) in [7, 11) is 0. The van der Waals surface area contributed by atoms with Gasteiger partial charge in [0.2, 0.25) is 11.8 Å². The second-order valence-electron chi connectivity index (χ2n) is 5.96. The van der Waals surface area contributed by atoms with Crippen molar-refractivity contribution in [3.05, 3.63) is 53.6 Å². The second-order valence-corrected chi connectivity index (χ2v) is 5.96. The molecule has 0 aromatic heterocycles. The van der Waals surface area contributed by atoms with Gasteiger partial charge in [0, 0.05) is 29.0 Å². The Balaban J connectivity index is 1.59. The van der Waals surface area contributed by atoms with Crippen molar-refractivity contribution in [1.29, 1.82) is 0 Å². The molecule has 1 aliphatic rings. The van der Waals surface area contributed by atoms with Crippen molar-refractivity contribution in [3.63, 3.8) is 0 Å². The van der Waals surface area contributed by atoms with Crippen LogP contribution in [0.2, 0.25) is 0 Å². The van der Waals surface area contributed by atoms with Crippen molar-refractivity contribution in [2.45, 2.75) is 19.8 Å².